The highest BCUT2D eigenvalue weighted by molar-refractivity contribution is 5.79. The molecule has 0 aromatic rings. The zero-order chi connectivity index (χ0) is 17.9. The number of hydrogen-bond donors (Lipinski definition) is 2. The van der Waals surface area contributed by atoms with Gasteiger partial charge in [-0.15, -0.1) is 0 Å². The minimum atomic E-state index is -0.262. The van der Waals surface area contributed by atoms with Crippen molar-refractivity contribution in [2.45, 2.75) is 104 Å². The third kappa shape index (κ3) is 17.1. The van der Waals surface area contributed by atoms with Crippen LogP contribution in [0.5, 0.6) is 0 Å². The molecule has 24 heavy (non-hydrogen) atoms. The summed E-state index contributed by atoms with van der Waals surface area (Å²) in [5, 5.41) is 0. The van der Waals surface area contributed by atoms with E-state index in [0.29, 0.717) is 13.0 Å². The van der Waals surface area contributed by atoms with Crippen LogP contribution in [0.3, 0.4) is 0 Å². The minimum absolute atomic E-state index is 0.187. The van der Waals surface area contributed by atoms with Crippen LogP contribution < -0.4 is 11.2 Å². The number of carbonyl (C=O) groups is 1. The topological polar surface area (TPSA) is 76.7 Å². The van der Waals surface area contributed by atoms with Gasteiger partial charge in [0.2, 0.25) is 5.96 Å². The molecule has 3 N–H and O–H groups in total. The van der Waals surface area contributed by atoms with Crippen LogP contribution in [0, 0.1) is 0 Å². The number of rotatable bonds is 15. The molecule has 0 saturated carbocycles. The molecule has 0 heterocycles. The summed E-state index contributed by atoms with van der Waals surface area (Å²) in [7, 11) is 0. The fourth-order valence-electron chi connectivity index (χ4n) is 2.51. The average Bonchev–Trinajstić information content (AvgIpc) is 2.58. The van der Waals surface area contributed by atoms with E-state index in [4.69, 9.17) is 10.6 Å². The summed E-state index contributed by atoms with van der Waals surface area (Å²) in [6.45, 7) is 5.09. The Morgan fingerprint density at radius 1 is 0.833 bits per heavy atom. The number of aliphatic imine (C=N–C) groups is 1. The largest absolute Gasteiger partial charge is 0.368 e. The molecule has 0 fully saturated rings. The summed E-state index contributed by atoms with van der Waals surface area (Å²) in [5.41, 5.74) is 8.07. The van der Waals surface area contributed by atoms with Crippen LogP contribution in [0.2, 0.25) is 0 Å². The number of carbonyl (C=O) groups excluding carboxylic acids is 1. The molecule has 5 nitrogen and oxygen atoms in total. The molecule has 0 aromatic carbocycles. The fraction of sp³-hybridized carbons (Fsp3) is 0.895. The number of nitrogens with one attached hydrogen (secondary N) is 1. The first-order chi connectivity index (χ1) is 11.7. The Balaban J connectivity index is 3.41. The second kappa shape index (κ2) is 18.1. The molecule has 0 amide bonds. The number of hydroxylamine groups is 1. The molecule has 0 rings (SSSR count). The highest BCUT2D eigenvalue weighted by Crippen LogP contribution is 2.10. The summed E-state index contributed by atoms with van der Waals surface area (Å²) < 4.78 is 0. The molecule has 0 saturated heterocycles. The lowest BCUT2D eigenvalue weighted by molar-refractivity contribution is -0.148. The molecule has 0 bridgehead atoms. The van der Waals surface area contributed by atoms with Crippen molar-refractivity contribution in [2.75, 3.05) is 6.54 Å². The van der Waals surface area contributed by atoms with E-state index in [9.17, 15) is 4.79 Å². The van der Waals surface area contributed by atoms with Crippen LogP contribution in [-0.4, -0.2) is 18.5 Å². The first kappa shape index (κ1) is 22.7. The summed E-state index contributed by atoms with van der Waals surface area (Å²) in [6.07, 6.45) is 16.1. The Labute approximate surface area is 148 Å². The van der Waals surface area contributed by atoms with Crippen LogP contribution in [0.15, 0.2) is 4.99 Å². The van der Waals surface area contributed by atoms with Gasteiger partial charge in [0.15, 0.2) is 0 Å². The molecule has 0 radical (unpaired) electrons. The lowest BCUT2D eigenvalue weighted by Crippen LogP contribution is -2.34. The van der Waals surface area contributed by atoms with Crippen molar-refractivity contribution >= 4 is 11.9 Å². The van der Waals surface area contributed by atoms with E-state index >= 15 is 0 Å². The summed E-state index contributed by atoms with van der Waals surface area (Å²) >= 11 is 0. The Kier molecular flexibility index (Phi) is 17.1. The predicted octanol–water partition coefficient (Wildman–Crippen LogP) is 4.85. The number of nitrogens with two attached hydrogens (primary N) is 1. The van der Waals surface area contributed by atoms with Gasteiger partial charge in [-0.05, 0) is 12.8 Å². The molecule has 0 aliphatic carbocycles. The Morgan fingerprint density at radius 3 is 1.92 bits per heavy atom. The molecule has 0 spiro atoms. The monoisotopic (exact) mass is 341 g/mol. The Morgan fingerprint density at radius 2 is 1.33 bits per heavy atom. The first-order valence-corrected chi connectivity index (χ1v) is 9.96. The van der Waals surface area contributed by atoms with Gasteiger partial charge in [-0.25, -0.2) is 4.79 Å². The number of nitrogens with zero attached hydrogens (tertiary/aromatic N) is 1. The van der Waals surface area contributed by atoms with Crippen molar-refractivity contribution in [1.29, 1.82) is 0 Å². The third-order valence-corrected chi connectivity index (χ3v) is 4.05. The average molecular weight is 342 g/mol. The zero-order valence-electron chi connectivity index (χ0n) is 15.9. The van der Waals surface area contributed by atoms with E-state index in [0.717, 1.165) is 25.7 Å². The van der Waals surface area contributed by atoms with Crippen molar-refractivity contribution in [1.82, 2.24) is 5.48 Å². The van der Waals surface area contributed by atoms with E-state index < -0.39 is 0 Å². The van der Waals surface area contributed by atoms with Crippen LogP contribution >= 0.6 is 0 Å². The molecule has 0 aliphatic heterocycles. The van der Waals surface area contributed by atoms with Gasteiger partial charge < -0.3 is 10.6 Å². The highest BCUT2D eigenvalue weighted by atomic mass is 16.7. The third-order valence-electron chi connectivity index (χ3n) is 4.05. The number of unbranched alkanes of at least 4 members (excludes halogenated alkanes) is 11. The van der Waals surface area contributed by atoms with Crippen molar-refractivity contribution in [3.8, 4) is 0 Å². The summed E-state index contributed by atoms with van der Waals surface area (Å²) in [6, 6.07) is 0. The van der Waals surface area contributed by atoms with E-state index in [1.807, 2.05) is 0 Å². The summed E-state index contributed by atoms with van der Waals surface area (Å²) in [4.78, 5) is 20.6. The van der Waals surface area contributed by atoms with Crippen LogP contribution in [-0.2, 0) is 9.63 Å². The molecule has 0 aromatic heterocycles. The van der Waals surface area contributed by atoms with E-state index in [1.54, 1.807) is 0 Å². The van der Waals surface area contributed by atoms with E-state index in [2.05, 4.69) is 24.3 Å². The van der Waals surface area contributed by atoms with Crippen molar-refractivity contribution in [2.24, 2.45) is 10.7 Å². The van der Waals surface area contributed by atoms with Gasteiger partial charge in [-0.2, -0.15) is 5.48 Å². The first-order valence-electron chi connectivity index (χ1n) is 9.96. The molecular formula is C19H39N3O2. The zero-order valence-corrected chi connectivity index (χ0v) is 15.9. The van der Waals surface area contributed by atoms with Crippen LogP contribution in [0.4, 0.5) is 0 Å². The van der Waals surface area contributed by atoms with Crippen molar-refractivity contribution in [3.05, 3.63) is 0 Å². The van der Waals surface area contributed by atoms with E-state index in [-0.39, 0.29) is 11.9 Å². The Hall–Kier alpha value is -1.26. The molecular weight excluding hydrogens is 302 g/mol. The SMILES string of the molecule is CCCCCCCCCCCC(=O)ONC(N)=NCCCCCC. The maximum absolute atomic E-state index is 11.6. The second-order valence-corrected chi connectivity index (χ2v) is 6.48. The number of guanidine groups is 1. The second-order valence-electron chi connectivity index (χ2n) is 6.48. The van der Waals surface area contributed by atoms with Gasteiger partial charge in [0.05, 0.1) is 0 Å². The normalized spacial score (nSPS) is 11.5. The van der Waals surface area contributed by atoms with Crippen molar-refractivity contribution < 1.29 is 9.63 Å². The van der Waals surface area contributed by atoms with Gasteiger partial charge in [0, 0.05) is 13.0 Å². The lowest BCUT2D eigenvalue weighted by atomic mass is 10.1. The van der Waals surface area contributed by atoms with Gasteiger partial charge >= 0.3 is 5.97 Å². The predicted molar refractivity (Wildman–Crippen MR) is 102 cm³/mol. The van der Waals surface area contributed by atoms with Crippen LogP contribution in [0.1, 0.15) is 104 Å². The van der Waals surface area contributed by atoms with Crippen molar-refractivity contribution in [3.63, 3.8) is 0 Å². The molecule has 142 valence electrons. The summed E-state index contributed by atoms with van der Waals surface area (Å²) in [5.74, 6) is -0.0750. The van der Waals surface area contributed by atoms with Gasteiger partial charge in [-0.3, -0.25) is 4.99 Å². The Bertz CT molecular complexity index is 320. The molecule has 0 unspecified atom stereocenters. The quantitative estimate of drug-likeness (QED) is 0.193. The smallest absolute Gasteiger partial charge is 0.332 e. The van der Waals surface area contributed by atoms with Gasteiger partial charge in [0.25, 0.3) is 0 Å². The molecule has 0 aliphatic rings. The fourth-order valence-corrected chi connectivity index (χ4v) is 2.51. The highest BCUT2D eigenvalue weighted by Gasteiger charge is 2.03. The maximum atomic E-state index is 11.6. The maximum Gasteiger partial charge on any atom is 0.332 e. The molecule has 0 atom stereocenters. The lowest BCUT2D eigenvalue weighted by Gasteiger charge is -2.06. The van der Waals surface area contributed by atoms with Gasteiger partial charge in [0.1, 0.15) is 0 Å². The van der Waals surface area contributed by atoms with E-state index in [1.165, 1.54) is 57.8 Å². The minimum Gasteiger partial charge on any atom is -0.368 e. The molecule has 5 heteroatoms. The van der Waals surface area contributed by atoms with Gasteiger partial charge in [-0.1, -0.05) is 84.5 Å². The standard InChI is InChI=1S/C19H39N3O2/c1-3-5-7-9-10-11-12-13-14-16-18(23)24-22-19(20)21-17-15-8-6-4-2/h3-17H2,1-2H3,(H3,20,21,22). The number of hydrogen-bond acceptors (Lipinski definition) is 3. The van der Waals surface area contributed by atoms with Crippen LogP contribution in [0.25, 0.3) is 0 Å².